The van der Waals surface area contributed by atoms with Gasteiger partial charge in [-0.25, -0.2) is 0 Å². The predicted molar refractivity (Wildman–Crippen MR) is 86.8 cm³/mol. The number of hydrogen-bond donors (Lipinski definition) is 2. The first-order valence-electron chi connectivity index (χ1n) is 6.30. The molecule has 2 rings (SSSR count). The lowest BCUT2D eigenvalue weighted by molar-refractivity contribution is -0.115. The summed E-state index contributed by atoms with van der Waals surface area (Å²) in [6, 6.07) is 13.7. The number of nitrogens with one attached hydrogen (secondary N) is 1. The van der Waals surface area contributed by atoms with E-state index in [0.29, 0.717) is 21.3 Å². The average molecular weight is 323 g/mol. The fourth-order valence-electron chi connectivity index (χ4n) is 1.72. The van der Waals surface area contributed by atoms with Gasteiger partial charge in [0.15, 0.2) is 0 Å². The molecule has 2 aromatic rings. The molecule has 0 radical (unpaired) electrons. The van der Waals surface area contributed by atoms with E-state index in [-0.39, 0.29) is 5.91 Å². The molecule has 2 atom stereocenters. The Morgan fingerprint density at radius 3 is 2.52 bits per heavy atom. The Labute approximate surface area is 130 Å². The summed E-state index contributed by atoms with van der Waals surface area (Å²) in [5, 5.41) is 2.44. The summed E-state index contributed by atoms with van der Waals surface area (Å²) < 4.78 is 12.3. The van der Waals surface area contributed by atoms with Gasteiger partial charge in [-0.05, 0) is 37.3 Å². The molecular weight excluding hydrogens is 308 g/mol. The molecule has 0 heterocycles. The third-order valence-electron chi connectivity index (χ3n) is 2.93. The minimum atomic E-state index is -1.41. The van der Waals surface area contributed by atoms with Gasteiger partial charge in [0, 0.05) is 10.6 Å². The molecule has 0 fully saturated rings. The second kappa shape index (κ2) is 6.74. The van der Waals surface area contributed by atoms with E-state index < -0.39 is 16.0 Å². The third-order valence-corrected chi connectivity index (χ3v) is 4.87. The zero-order valence-electron chi connectivity index (χ0n) is 11.4. The van der Waals surface area contributed by atoms with Gasteiger partial charge in [-0.1, -0.05) is 29.8 Å². The summed E-state index contributed by atoms with van der Waals surface area (Å²) in [7, 11) is -1.41. The molecule has 1 amide bonds. The normalized spacial score (nSPS) is 13.4. The average Bonchev–Trinajstić information content (AvgIpc) is 2.50. The van der Waals surface area contributed by atoms with E-state index in [9.17, 15) is 9.00 Å². The van der Waals surface area contributed by atoms with E-state index in [1.165, 1.54) is 0 Å². The molecule has 4 nitrogen and oxygen atoms in total. The Hall–Kier alpha value is -1.85. The van der Waals surface area contributed by atoms with Gasteiger partial charge in [-0.2, -0.15) is 0 Å². The van der Waals surface area contributed by atoms with Gasteiger partial charge in [0.05, 0.1) is 21.5 Å². The lowest BCUT2D eigenvalue weighted by atomic mass is 10.2. The van der Waals surface area contributed by atoms with E-state index in [1.54, 1.807) is 49.4 Å². The summed E-state index contributed by atoms with van der Waals surface area (Å²) in [6.45, 7) is 1.62. The summed E-state index contributed by atoms with van der Waals surface area (Å²) in [4.78, 5) is 12.8. The van der Waals surface area contributed by atoms with Crippen molar-refractivity contribution in [1.29, 1.82) is 0 Å². The largest absolute Gasteiger partial charge is 0.397 e. The summed E-state index contributed by atoms with van der Waals surface area (Å²) in [6.07, 6.45) is 0. The zero-order valence-corrected chi connectivity index (χ0v) is 12.9. The van der Waals surface area contributed by atoms with Crippen LogP contribution in [0.25, 0.3) is 0 Å². The van der Waals surface area contributed by atoms with Crippen LogP contribution in [-0.2, 0) is 15.6 Å². The Morgan fingerprint density at radius 1 is 1.24 bits per heavy atom. The summed E-state index contributed by atoms with van der Waals surface area (Å²) in [5.41, 5.74) is 6.59. The lowest BCUT2D eigenvalue weighted by Crippen LogP contribution is -2.29. The van der Waals surface area contributed by atoms with E-state index in [2.05, 4.69) is 5.32 Å². The van der Waals surface area contributed by atoms with Crippen molar-refractivity contribution in [3.8, 4) is 0 Å². The summed E-state index contributed by atoms with van der Waals surface area (Å²) >= 11 is 5.82. The topological polar surface area (TPSA) is 72.2 Å². The van der Waals surface area contributed by atoms with Crippen LogP contribution in [0.3, 0.4) is 0 Å². The molecule has 2 unspecified atom stereocenters. The van der Waals surface area contributed by atoms with Crippen molar-refractivity contribution in [2.24, 2.45) is 0 Å². The van der Waals surface area contributed by atoms with Gasteiger partial charge in [0.25, 0.3) is 0 Å². The second-order valence-corrected chi connectivity index (χ2v) is 6.66. The highest BCUT2D eigenvalue weighted by atomic mass is 35.5. The Morgan fingerprint density at radius 2 is 1.90 bits per heavy atom. The van der Waals surface area contributed by atoms with E-state index in [0.717, 1.165) is 0 Å². The van der Waals surface area contributed by atoms with Gasteiger partial charge >= 0.3 is 0 Å². The Kier molecular flexibility index (Phi) is 4.98. The highest BCUT2D eigenvalue weighted by Gasteiger charge is 2.21. The van der Waals surface area contributed by atoms with Crippen LogP contribution in [0.5, 0.6) is 0 Å². The number of nitrogens with two attached hydrogens (primary N) is 1. The molecule has 0 aliphatic rings. The van der Waals surface area contributed by atoms with Crippen molar-refractivity contribution < 1.29 is 9.00 Å². The zero-order chi connectivity index (χ0) is 15.4. The van der Waals surface area contributed by atoms with E-state index in [1.807, 2.05) is 6.07 Å². The van der Waals surface area contributed by atoms with Crippen molar-refractivity contribution in [3.05, 3.63) is 53.6 Å². The SMILES string of the molecule is CC(C(=O)Nc1ccc(Cl)c(N)c1)S(=O)c1ccccc1. The standard InChI is InChI=1S/C15H15ClN2O2S/c1-10(21(20)12-5-3-2-4-6-12)15(19)18-11-7-8-13(16)14(17)9-11/h2-10H,17H2,1H3,(H,18,19). The number of carbonyl (C=O) groups excluding carboxylic acids is 1. The Bertz CT molecular complexity index is 677. The molecular formula is C15H15ClN2O2S. The fourth-order valence-corrected chi connectivity index (χ4v) is 2.93. The van der Waals surface area contributed by atoms with Gasteiger partial charge < -0.3 is 11.1 Å². The van der Waals surface area contributed by atoms with Gasteiger partial charge in [-0.15, -0.1) is 0 Å². The molecule has 0 spiro atoms. The van der Waals surface area contributed by atoms with Crippen LogP contribution in [0.4, 0.5) is 11.4 Å². The van der Waals surface area contributed by atoms with Crippen LogP contribution in [0.2, 0.25) is 5.02 Å². The molecule has 0 bridgehead atoms. The van der Waals surface area contributed by atoms with Crippen LogP contribution in [0.1, 0.15) is 6.92 Å². The smallest absolute Gasteiger partial charge is 0.240 e. The van der Waals surface area contributed by atoms with Gasteiger partial charge in [0.2, 0.25) is 5.91 Å². The number of carbonyl (C=O) groups is 1. The van der Waals surface area contributed by atoms with Crippen LogP contribution in [0, 0.1) is 0 Å². The number of halogens is 1. The number of anilines is 2. The minimum Gasteiger partial charge on any atom is -0.397 e. The molecule has 110 valence electrons. The quantitative estimate of drug-likeness (QED) is 0.850. The van der Waals surface area contributed by atoms with Crippen molar-refractivity contribution in [2.45, 2.75) is 17.1 Å². The lowest BCUT2D eigenvalue weighted by Gasteiger charge is -2.12. The predicted octanol–water partition coefficient (Wildman–Crippen LogP) is 3.06. The highest BCUT2D eigenvalue weighted by molar-refractivity contribution is 7.86. The van der Waals surface area contributed by atoms with E-state index >= 15 is 0 Å². The van der Waals surface area contributed by atoms with Crippen molar-refractivity contribution in [3.63, 3.8) is 0 Å². The van der Waals surface area contributed by atoms with Gasteiger partial charge in [0.1, 0.15) is 5.25 Å². The van der Waals surface area contributed by atoms with Crippen molar-refractivity contribution >= 4 is 39.7 Å². The van der Waals surface area contributed by atoms with Crippen LogP contribution < -0.4 is 11.1 Å². The first kappa shape index (κ1) is 15.5. The first-order valence-corrected chi connectivity index (χ1v) is 7.89. The van der Waals surface area contributed by atoms with Crippen LogP contribution in [-0.4, -0.2) is 15.4 Å². The molecule has 0 saturated carbocycles. The number of nitrogen functional groups attached to an aromatic ring is 1. The molecule has 6 heteroatoms. The maximum absolute atomic E-state index is 12.3. The molecule has 0 saturated heterocycles. The minimum absolute atomic E-state index is 0.334. The third kappa shape index (κ3) is 3.83. The number of benzene rings is 2. The molecule has 0 aliphatic heterocycles. The molecule has 3 N–H and O–H groups in total. The van der Waals surface area contributed by atoms with Crippen molar-refractivity contribution in [2.75, 3.05) is 11.1 Å². The highest BCUT2D eigenvalue weighted by Crippen LogP contribution is 2.22. The maximum Gasteiger partial charge on any atom is 0.240 e. The molecule has 0 aliphatic carbocycles. The number of rotatable bonds is 4. The number of amides is 1. The molecule has 2 aromatic carbocycles. The summed E-state index contributed by atoms with van der Waals surface area (Å²) in [5.74, 6) is -0.334. The Balaban J connectivity index is 2.09. The van der Waals surface area contributed by atoms with Crippen LogP contribution >= 0.6 is 11.6 Å². The first-order chi connectivity index (χ1) is 9.99. The molecule has 0 aromatic heterocycles. The van der Waals surface area contributed by atoms with E-state index in [4.69, 9.17) is 17.3 Å². The number of hydrogen-bond acceptors (Lipinski definition) is 3. The monoisotopic (exact) mass is 322 g/mol. The van der Waals surface area contributed by atoms with Gasteiger partial charge in [-0.3, -0.25) is 9.00 Å². The van der Waals surface area contributed by atoms with Crippen molar-refractivity contribution in [1.82, 2.24) is 0 Å². The van der Waals surface area contributed by atoms with Crippen LogP contribution in [0.15, 0.2) is 53.4 Å². The fraction of sp³-hybridized carbons (Fsp3) is 0.133. The maximum atomic E-state index is 12.3. The molecule has 21 heavy (non-hydrogen) atoms. The second-order valence-electron chi connectivity index (χ2n) is 4.48.